The minimum Gasteiger partial charge on any atom is -0.396 e. The number of aliphatic hydroxyl groups excluding tert-OH is 1. The highest BCUT2D eigenvalue weighted by Gasteiger charge is 2.33. The number of hydrogen-bond acceptors (Lipinski definition) is 2. The van der Waals surface area contributed by atoms with Gasteiger partial charge in [0.25, 0.3) is 0 Å². The van der Waals surface area contributed by atoms with Gasteiger partial charge < -0.3 is 5.11 Å². The summed E-state index contributed by atoms with van der Waals surface area (Å²) in [6.07, 6.45) is 4.29. The number of carbonyl (C=O) groups excluding carboxylic acids is 1. The molecule has 1 aliphatic carbocycles. The third kappa shape index (κ3) is 2.91. The monoisotopic (exact) mass is 210 g/mol. The van der Waals surface area contributed by atoms with Crippen LogP contribution in [0.3, 0.4) is 0 Å². The zero-order valence-corrected chi connectivity index (χ0v) is 9.78. The first kappa shape index (κ1) is 12.4. The molecule has 0 spiro atoms. The lowest BCUT2D eigenvalue weighted by Gasteiger charge is -2.36. The predicted molar refractivity (Wildman–Crippen MR) is 61.4 cm³/mol. The second-order valence-electron chi connectivity index (χ2n) is 4.97. The smallest absolute Gasteiger partial charge is 0.158 e. The molecule has 1 fully saturated rings. The molecule has 0 radical (unpaired) electrons. The number of aliphatic hydroxyl groups is 1. The van der Waals surface area contributed by atoms with Crippen molar-refractivity contribution >= 4 is 5.78 Å². The molecule has 3 atom stereocenters. The number of ketones is 1. The van der Waals surface area contributed by atoms with Crippen LogP contribution in [-0.2, 0) is 4.79 Å². The Morgan fingerprint density at radius 2 is 2.20 bits per heavy atom. The maximum atomic E-state index is 11.5. The van der Waals surface area contributed by atoms with E-state index in [9.17, 15) is 9.90 Å². The largest absolute Gasteiger partial charge is 0.396 e. The predicted octanol–water partition coefficient (Wildman–Crippen LogP) is 2.42. The molecule has 1 rings (SSSR count). The molecule has 86 valence electrons. The fourth-order valence-corrected chi connectivity index (χ4v) is 2.80. The average Bonchev–Trinajstić information content (AvgIpc) is 2.26. The SMILES string of the molecule is C=CC(=O)C1CCC(C(C)C)C(CO)C1. The summed E-state index contributed by atoms with van der Waals surface area (Å²) >= 11 is 0. The zero-order valence-electron chi connectivity index (χ0n) is 9.78. The quantitative estimate of drug-likeness (QED) is 0.724. The van der Waals surface area contributed by atoms with Gasteiger partial charge in [0, 0.05) is 12.5 Å². The molecule has 0 aromatic heterocycles. The summed E-state index contributed by atoms with van der Waals surface area (Å²) in [4.78, 5) is 11.5. The Balaban J connectivity index is 2.62. The van der Waals surface area contributed by atoms with E-state index >= 15 is 0 Å². The third-order valence-electron chi connectivity index (χ3n) is 3.74. The van der Waals surface area contributed by atoms with E-state index in [1.807, 2.05) is 0 Å². The van der Waals surface area contributed by atoms with Gasteiger partial charge >= 0.3 is 0 Å². The van der Waals surface area contributed by atoms with Crippen molar-refractivity contribution in [2.24, 2.45) is 23.7 Å². The summed E-state index contributed by atoms with van der Waals surface area (Å²) < 4.78 is 0. The molecule has 0 heterocycles. The van der Waals surface area contributed by atoms with Crippen molar-refractivity contribution < 1.29 is 9.90 Å². The fourth-order valence-electron chi connectivity index (χ4n) is 2.80. The van der Waals surface area contributed by atoms with E-state index in [2.05, 4.69) is 20.4 Å². The molecule has 0 aromatic carbocycles. The van der Waals surface area contributed by atoms with Crippen molar-refractivity contribution in [1.29, 1.82) is 0 Å². The Kier molecular flexibility index (Phi) is 4.52. The topological polar surface area (TPSA) is 37.3 Å². The zero-order chi connectivity index (χ0) is 11.4. The van der Waals surface area contributed by atoms with Crippen LogP contribution in [0.2, 0.25) is 0 Å². The Hall–Kier alpha value is -0.630. The standard InChI is InChI=1S/C13H22O2/c1-4-13(15)10-5-6-12(9(2)3)11(7-10)8-14/h4,9-12,14H,1,5-8H2,2-3H3. The van der Waals surface area contributed by atoms with Crippen LogP contribution in [0, 0.1) is 23.7 Å². The molecule has 0 aromatic rings. The fraction of sp³-hybridized carbons (Fsp3) is 0.769. The summed E-state index contributed by atoms with van der Waals surface area (Å²) in [7, 11) is 0. The third-order valence-corrected chi connectivity index (χ3v) is 3.74. The van der Waals surface area contributed by atoms with Crippen LogP contribution in [-0.4, -0.2) is 17.5 Å². The summed E-state index contributed by atoms with van der Waals surface area (Å²) in [5, 5.41) is 9.35. The summed E-state index contributed by atoms with van der Waals surface area (Å²) in [6.45, 7) is 8.14. The van der Waals surface area contributed by atoms with E-state index in [0.29, 0.717) is 17.8 Å². The Labute approximate surface area is 92.4 Å². The van der Waals surface area contributed by atoms with E-state index in [1.54, 1.807) is 0 Å². The van der Waals surface area contributed by atoms with E-state index < -0.39 is 0 Å². The molecule has 0 aliphatic heterocycles. The molecule has 1 saturated carbocycles. The summed E-state index contributed by atoms with van der Waals surface area (Å²) in [5.41, 5.74) is 0. The van der Waals surface area contributed by atoms with Gasteiger partial charge in [-0.3, -0.25) is 4.79 Å². The van der Waals surface area contributed by atoms with Gasteiger partial charge in [0.1, 0.15) is 0 Å². The number of carbonyl (C=O) groups is 1. The minimum absolute atomic E-state index is 0.106. The van der Waals surface area contributed by atoms with Gasteiger partial charge in [-0.2, -0.15) is 0 Å². The molecular formula is C13H22O2. The van der Waals surface area contributed by atoms with E-state index in [4.69, 9.17) is 0 Å². The van der Waals surface area contributed by atoms with Crippen LogP contribution in [0.4, 0.5) is 0 Å². The highest BCUT2D eigenvalue weighted by atomic mass is 16.3. The van der Waals surface area contributed by atoms with Gasteiger partial charge in [0.2, 0.25) is 0 Å². The molecular weight excluding hydrogens is 188 g/mol. The number of hydrogen-bond donors (Lipinski definition) is 1. The van der Waals surface area contributed by atoms with Crippen molar-refractivity contribution in [2.75, 3.05) is 6.61 Å². The van der Waals surface area contributed by atoms with Gasteiger partial charge in [-0.05, 0) is 43.1 Å². The van der Waals surface area contributed by atoms with Crippen LogP contribution in [0.1, 0.15) is 33.1 Å². The van der Waals surface area contributed by atoms with Crippen LogP contribution in [0.5, 0.6) is 0 Å². The van der Waals surface area contributed by atoms with Crippen LogP contribution in [0.15, 0.2) is 12.7 Å². The van der Waals surface area contributed by atoms with E-state index in [1.165, 1.54) is 6.08 Å². The highest BCUT2D eigenvalue weighted by Crippen LogP contribution is 2.38. The van der Waals surface area contributed by atoms with Gasteiger partial charge in [-0.15, -0.1) is 0 Å². The van der Waals surface area contributed by atoms with E-state index in [0.717, 1.165) is 19.3 Å². The molecule has 0 bridgehead atoms. The maximum Gasteiger partial charge on any atom is 0.158 e. The van der Waals surface area contributed by atoms with Crippen LogP contribution < -0.4 is 0 Å². The maximum absolute atomic E-state index is 11.5. The normalized spacial score (nSPS) is 31.6. The van der Waals surface area contributed by atoms with Crippen molar-refractivity contribution in [2.45, 2.75) is 33.1 Å². The van der Waals surface area contributed by atoms with Gasteiger partial charge in [-0.1, -0.05) is 20.4 Å². The van der Waals surface area contributed by atoms with Gasteiger partial charge in [0.15, 0.2) is 5.78 Å². The molecule has 0 saturated heterocycles. The van der Waals surface area contributed by atoms with Crippen molar-refractivity contribution in [3.8, 4) is 0 Å². The molecule has 1 aliphatic rings. The number of allylic oxidation sites excluding steroid dienone is 1. The summed E-state index contributed by atoms with van der Waals surface area (Å²) in [6, 6.07) is 0. The lowest BCUT2D eigenvalue weighted by molar-refractivity contribution is -0.120. The molecule has 0 amide bonds. The van der Waals surface area contributed by atoms with Gasteiger partial charge in [-0.25, -0.2) is 0 Å². The van der Waals surface area contributed by atoms with E-state index in [-0.39, 0.29) is 18.3 Å². The molecule has 2 nitrogen and oxygen atoms in total. The van der Waals surface area contributed by atoms with Crippen molar-refractivity contribution in [3.05, 3.63) is 12.7 Å². The highest BCUT2D eigenvalue weighted by molar-refractivity contribution is 5.91. The first-order chi connectivity index (χ1) is 7.10. The Morgan fingerprint density at radius 3 is 2.67 bits per heavy atom. The van der Waals surface area contributed by atoms with Gasteiger partial charge in [0.05, 0.1) is 0 Å². The lowest BCUT2D eigenvalue weighted by atomic mass is 9.69. The minimum atomic E-state index is 0.106. The average molecular weight is 210 g/mol. The summed E-state index contributed by atoms with van der Waals surface area (Å²) in [5.74, 6) is 1.73. The van der Waals surface area contributed by atoms with Crippen molar-refractivity contribution in [1.82, 2.24) is 0 Å². The Morgan fingerprint density at radius 1 is 1.53 bits per heavy atom. The van der Waals surface area contributed by atoms with Crippen LogP contribution >= 0.6 is 0 Å². The number of rotatable bonds is 4. The van der Waals surface area contributed by atoms with Crippen molar-refractivity contribution in [3.63, 3.8) is 0 Å². The molecule has 1 N–H and O–H groups in total. The van der Waals surface area contributed by atoms with Crippen LogP contribution in [0.25, 0.3) is 0 Å². The molecule has 15 heavy (non-hydrogen) atoms. The molecule has 2 heteroatoms. The first-order valence-corrected chi connectivity index (χ1v) is 5.87. The Bertz CT molecular complexity index is 233. The molecule has 3 unspecified atom stereocenters. The second-order valence-corrected chi connectivity index (χ2v) is 4.97. The lowest BCUT2D eigenvalue weighted by Crippen LogP contribution is -2.33. The second kappa shape index (κ2) is 5.45. The first-order valence-electron chi connectivity index (χ1n) is 5.87.